The van der Waals surface area contributed by atoms with E-state index in [0.717, 1.165) is 35.6 Å². The minimum atomic E-state index is -2.45. The summed E-state index contributed by atoms with van der Waals surface area (Å²) in [6.07, 6.45) is 8.27. The number of rotatable bonds is 11. The van der Waals surface area contributed by atoms with Crippen LogP contribution in [0.15, 0.2) is 60.1 Å². The third-order valence-electron chi connectivity index (χ3n) is 6.57. The van der Waals surface area contributed by atoms with E-state index in [4.69, 9.17) is 4.74 Å². The molecule has 3 heterocycles. The fraction of sp³-hybridized carbons (Fsp3) is 0.533. The molecular weight excluding hydrogens is 500 g/mol. The van der Waals surface area contributed by atoms with Gasteiger partial charge in [-0.2, -0.15) is 0 Å². The van der Waals surface area contributed by atoms with E-state index in [1.807, 2.05) is 32.2 Å². The monoisotopic (exact) mass is 545 g/mol. The van der Waals surface area contributed by atoms with Gasteiger partial charge < -0.3 is 10.1 Å². The van der Waals surface area contributed by atoms with Crippen LogP contribution in [0.3, 0.4) is 0 Å². The zero-order chi connectivity index (χ0) is 29.1. The lowest BCUT2D eigenvalue weighted by molar-refractivity contribution is 0.00817. The van der Waals surface area contributed by atoms with Gasteiger partial charge >= 0.3 is 0 Å². The van der Waals surface area contributed by atoms with E-state index in [1.165, 1.54) is 19.8 Å². The molecule has 4 rings (SSSR count). The number of carbonyl (C=O) groups is 1. The first-order valence-electron chi connectivity index (χ1n) is 13.7. The summed E-state index contributed by atoms with van der Waals surface area (Å²) in [5.74, 6) is 1.27. The molecule has 0 bridgehead atoms. The lowest BCUT2D eigenvalue weighted by Gasteiger charge is -2.48. The fourth-order valence-corrected chi connectivity index (χ4v) is 4.24. The predicted octanol–water partition coefficient (Wildman–Crippen LogP) is 5.80. The standard InChI is InChI=1S/C15H23F2N3.C13H16N2O2.C2H6/c1-5-10(8-12(18-3)9(2)13(16)17)14-19-15(20(14)4)11-6-7-11;1-10(2)8-17-9-11-3-4-15-12(7-16)6-14-13(15)5-11;1-2/h5,8,11,13-15,18-19H,1,6-7H2,2-4H3;3-7,10H,8-9H2,1-2H3;1-2H3/b10-8+,12-9-;;. The summed E-state index contributed by atoms with van der Waals surface area (Å²) in [7, 11) is 3.72. The van der Waals surface area contributed by atoms with E-state index < -0.39 is 6.43 Å². The summed E-state index contributed by atoms with van der Waals surface area (Å²) >= 11 is 0. The van der Waals surface area contributed by atoms with Crippen molar-refractivity contribution in [1.29, 1.82) is 0 Å². The molecule has 2 atom stereocenters. The second-order valence-electron chi connectivity index (χ2n) is 9.99. The van der Waals surface area contributed by atoms with Crippen LogP contribution in [-0.4, -0.2) is 60.0 Å². The van der Waals surface area contributed by atoms with Crippen LogP contribution in [0.4, 0.5) is 8.78 Å². The average molecular weight is 546 g/mol. The zero-order valence-electron chi connectivity index (χ0n) is 24.4. The molecule has 9 heteroatoms. The summed E-state index contributed by atoms with van der Waals surface area (Å²) in [4.78, 5) is 17.1. The van der Waals surface area contributed by atoms with E-state index in [2.05, 4.69) is 48.0 Å². The van der Waals surface area contributed by atoms with Crippen molar-refractivity contribution in [2.75, 3.05) is 20.7 Å². The number of ether oxygens (including phenoxy) is 1. The van der Waals surface area contributed by atoms with E-state index in [1.54, 1.807) is 29.8 Å². The Morgan fingerprint density at radius 1 is 1.33 bits per heavy atom. The molecule has 2 N–H and O–H groups in total. The van der Waals surface area contributed by atoms with E-state index in [0.29, 0.717) is 30.1 Å². The molecule has 2 aromatic rings. The van der Waals surface area contributed by atoms with Gasteiger partial charge in [0.05, 0.1) is 25.1 Å². The Bertz CT molecular complexity index is 1140. The van der Waals surface area contributed by atoms with Crippen LogP contribution in [0.25, 0.3) is 5.65 Å². The van der Waals surface area contributed by atoms with Crippen LogP contribution in [0.2, 0.25) is 0 Å². The van der Waals surface area contributed by atoms with Crippen molar-refractivity contribution in [3.63, 3.8) is 0 Å². The van der Waals surface area contributed by atoms with Crippen molar-refractivity contribution >= 4 is 11.9 Å². The summed E-state index contributed by atoms with van der Waals surface area (Å²) in [5, 5.41) is 6.33. The number of hydrogen-bond donors (Lipinski definition) is 2. The number of nitrogens with zero attached hydrogens (tertiary/aromatic N) is 3. The maximum absolute atomic E-state index is 12.8. The Morgan fingerprint density at radius 3 is 2.54 bits per heavy atom. The fourth-order valence-electron chi connectivity index (χ4n) is 4.24. The second kappa shape index (κ2) is 15.6. The third-order valence-corrected chi connectivity index (χ3v) is 6.57. The molecule has 7 nitrogen and oxygen atoms in total. The van der Waals surface area contributed by atoms with Gasteiger partial charge in [-0.1, -0.05) is 40.3 Å². The zero-order valence-corrected chi connectivity index (χ0v) is 24.4. The summed E-state index contributed by atoms with van der Waals surface area (Å²) in [6, 6.07) is 3.88. The number of hydrogen-bond acceptors (Lipinski definition) is 6. The Labute approximate surface area is 232 Å². The molecule has 0 amide bonds. The maximum atomic E-state index is 12.8. The van der Waals surface area contributed by atoms with Crippen LogP contribution >= 0.6 is 0 Å². The molecule has 2 unspecified atom stereocenters. The SMILES string of the molecule is C=C/C(=C\C(NC)=C(/C)C(F)F)C1NC(C2CC2)N1C.CC.CC(C)COCc1ccn2c(C=O)cnc2c1. The highest BCUT2D eigenvalue weighted by Gasteiger charge is 2.44. The predicted molar refractivity (Wildman–Crippen MR) is 154 cm³/mol. The van der Waals surface area contributed by atoms with Crippen LogP contribution in [0.5, 0.6) is 0 Å². The quantitative estimate of drug-likeness (QED) is 0.275. The van der Waals surface area contributed by atoms with E-state index in [-0.39, 0.29) is 11.7 Å². The Hall–Kier alpha value is -2.88. The molecule has 1 saturated carbocycles. The number of imidazole rings is 1. The average Bonchev–Trinajstić information content (AvgIpc) is 3.68. The minimum Gasteiger partial charge on any atom is -0.388 e. The van der Waals surface area contributed by atoms with Gasteiger partial charge in [0.15, 0.2) is 6.29 Å². The summed E-state index contributed by atoms with van der Waals surface area (Å²) in [5.41, 5.74) is 3.83. The van der Waals surface area contributed by atoms with E-state index >= 15 is 0 Å². The van der Waals surface area contributed by atoms with Crippen LogP contribution in [-0.2, 0) is 11.3 Å². The normalized spacial score (nSPS) is 19.9. The van der Waals surface area contributed by atoms with Gasteiger partial charge in [-0.3, -0.25) is 19.4 Å². The van der Waals surface area contributed by atoms with Crippen molar-refractivity contribution in [3.8, 4) is 0 Å². The second-order valence-corrected chi connectivity index (χ2v) is 9.99. The first kappa shape index (κ1) is 32.3. The first-order chi connectivity index (χ1) is 18.7. The highest BCUT2D eigenvalue weighted by atomic mass is 19.3. The van der Waals surface area contributed by atoms with Gasteiger partial charge in [-0.05, 0) is 68.0 Å². The summed E-state index contributed by atoms with van der Waals surface area (Å²) in [6.45, 7) is 14.8. The van der Waals surface area contributed by atoms with Crippen molar-refractivity contribution in [3.05, 3.63) is 71.4 Å². The van der Waals surface area contributed by atoms with Crippen molar-refractivity contribution in [1.82, 2.24) is 24.9 Å². The van der Waals surface area contributed by atoms with Crippen molar-refractivity contribution in [2.45, 2.75) is 72.8 Å². The third kappa shape index (κ3) is 8.81. The first-order valence-corrected chi connectivity index (χ1v) is 13.7. The number of aromatic nitrogens is 2. The van der Waals surface area contributed by atoms with Gasteiger partial charge in [0.1, 0.15) is 11.3 Å². The molecule has 39 heavy (non-hydrogen) atoms. The molecule has 0 aromatic carbocycles. The molecule has 1 saturated heterocycles. The van der Waals surface area contributed by atoms with E-state index in [9.17, 15) is 13.6 Å². The smallest absolute Gasteiger partial charge is 0.261 e. The Kier molecular flexibility index (Phi) is 13.0. The molecule has 1 aliphatic carbocycles. The molecule has 2 aliphatic rings. The number of alkyl halides is 2. The van der Waals surface area contributed by atoms with Crippen LogP contribution in [0.1, 0.15) is 63.5 Å². The number of allylic oxidation sites excluding steroid dienone is 2. The van der Waals surface area contributed by atoms with Crippen LogP contribution in [0, 0.1) is 11.8 Å². The van der Waals surface area contributed by atoms with Gasteiger partial charge in [0.25, 0.3) is 6.43 Å². The lowest BCUT2D eigenvalue weighted by Crippen LogP contribution is -2.69. The molecule has 2 fully saturated rings. The largest absolute Gasteiger partial charge is 0.388 e. The molecule has 0 radical (unpaired) electrons. The minimum absolute atomic E-state index is 0.0487. The number of likely N-dealkylation sites (N-methyl/N-ethyl adjacent to an activating group) is 2. The van der Waals surface area contributed by atoms with Crippen molar-refractivity contribution < 1.29 is 18.3 Å². The van der Waals surface area contributed by atoms with Crippen molar-refractivity contribution in [2.24, 2.45) is 11.8 Å². The number of halogens is 2. The number of fused-ring (bicyclic) bond motifs is 1. The highest BCUT2D eigenvalue weighted by Crippen LogP contribution is 2.39. The molecule has 1 aliphatic heterocycles. The Balaban J connectivity index is 0.000000260. The molecular formula is C30H45F2N5O2. The maximum Gasteiger partial charge on any atom is 0.261 e. The van der Waals surface area contributed by atoms with Gasteiger partial charge in [0.2, 0.25) is 0 Å². The number of pyridine rings is 1. The highest BCUT2D eigenvalue weighted by molar-refractivity contribution is 5.73. The number of aldehydes is 1. The van der Waals surface area contributed by atoms with Gasteiger partial charge in [-0.25, -0.2) is 13.8 Å². The summed E-state index contributed by atoms with van der Waals surface area (Å²) < 4.78 is 32.9. The number of nitrogens with one attached hydrogen (secondary N) is 2. The van der Waals surface area contributed by atoms with Gasteiger partial charge in [-0.15, -0.1) is 0 Å². The number of carbonyl (C=O) groups excluding carboxylic acids is 1. The molecule has 0 spiro atoms. The van der Waals surface area contributed by atoms with Gasteiger partial charge in [0, 0.05) is 31.1 Å². The molecule has 2 aromatic heterocycles. The lowest BCUT2D eigenvalue weighted by atomic mass is 10.0. The topological polar surface area (TPSA) is 70.9 Å². The molecule has 216 valence electrons. The Morgan fingerprint density at radius 2 is 2.03 bits per heavy atom. The van der Waals surface area contributed by atoms with Crippen LogP contribution < -0.4 is 10.6 Å².